The van der Waals surface area contributed by atoms with E-state index >= 15 is 0 Å². The highest BCUT2D eigenvalue weighted by Gasteiger charge is 2.08. The van der Waals surface area contributed by atoms with Crippen LogP contribution in [0.1, 0.15) is 6.92 Å². The van der Waals surface area contributed by atoms with Crippen molar-refractivity contribution in [3.8, 4) is 0 Å². The molecule has 0 fully saturated rings. The quantitative estimate of drug-likeness (QED) is 0.486. The summed E-state index contributed by atoms with van der Waals surface area (Å²) in [5.41, 5.74) is 4.88. The first-order valence-electron chi connectivity index (χ1n) is 2.23. The van der Waals surface area contributed by atoms with Crippen LogP contribution in [0, 0.1) is 0 Å². The summed E-state index contributed by atoms with van der Waals surface area (Å²) in [6, 6.07) is 0. The van der Waals surface area contributed by atoms with Crippen LogP contribution in [0.4, 0.5) is 0 Å². The van der Waals surface area contributed by atoms with E-state index in [0.29, 0.717) is 0 Å². The minimum absolute atomic E-state index is 0.0481. The molecule has 1 unspecified atom stereocenters. The summed E-state index contributed by atoms with van der Waals surface area (Å²) in [5.74, 6) is -0.990. The Balaban J connectivity index is 3.32. The Labute approximate surface area is 47.2 Å². The molecule has 3 N–H and O–H groups in total. The summed E-state index contributed by atoms with van der Waals surface area (Å²) in [6.45, 7) is 1.38. The van der Waals surface area contributed by atoms with Crippen LogP contribution in [-0.4, -0.2) is 23.9 Å². The van der Waals surface area contributed by atoms with Gasteiger partial charge in [-0.2, -0.15) is 0 Å². The lowest BCUT2D eigenvalue weighted by Gasteiger charge is -2.02. The van der Waals surface area contributed by atoms with Crippen LogP contribution in [0.3, 0.4) is 0 Å². The van der Waals surface area contributed by atoms with Crippen molar-refractivity contribution in [1.29, 1.82) is 0 Å². The van der Waals surface area contributed by atoms with E-state index in [-0.39, 0.29) is 6.73 Å². The van der Waals surface area contributed by atoms with Gasteiger partial charge in [-0.15, -0.1) is 0 Å². The lowest BCUT2D eigenvalue weighted by atomic mass is 10.4. The molecule has 4 heteroatoms. The van der Waals surface area contributed by atoms with E-state index in [4.69, 9.17) is 10.8 Å². The summed E-state index contributed by atoms with van der Waals surface area (Å²) in [6.07, 6.45) is -0.792. The molecule has 0 aliphatic carbocycles. The Morgan fingerprint density at radius 2 is 2.50 bits per heavy atom. The van der Waals surface area contributed by atoms with Crippen molar-refractivity contribution < 1.29 is 14.6 Å². The van der Waals surface area contributed by atoms with Gasteiger partial charge in [0.25, 0.3) is 0 Å². The summed E-state index contributed by atoms with van der Waals surface area (Å²) in [5, 5.41) is 8.13. The number of hydrogen-bond acceptors (Lipinski definition) is 3. The molecule has 0 aromatic heterocycles. The zero-order valence-corrected chi connectivity index (χ0v) is 4.63. The zero-order chi connectivity index (χ0) is 6.57. The molecule has 0 radical (unpaired) electrons. The first-order chi connectivity index (χ1) is 3.68. The van der Waals surface area contributed by atoms with Gasteiger partial charge in [0.15, 0.2) is 6.10 Å². The average molecular weight is 119 g/mol. The number of rotatable bonds is 3. The van der Waals surface area contributed by atoms with Crippen molar-refractivity contribution in [2.24, 2.45) is 5.73 Å². The van der Waals surface area contributed by atoms with E-state index in [1.165, 1.54) is 6.92 Å². The minimum atomic E-state index is -0.990. The van der Waals surface area contributed by atoms with Gasteiger partial charge in [0, 0.05) is 0 Å². The van der Waals surface area contributed by atoms with E-state index in [0.717, 1.165) is 0 Å². The first-order valence-corrected chi connectivity index (χ1v) is 2.23. The number of hydrogen-bond donors (Lipinski definition) is 2. The predicted molar refractivity (Wildman–Crippen MR) is 27.2 cm³/mol. The maximum Gasteiger partial charge on any atom is 0.332 e. The Kier molecular flexibility index (Phi) is 3.14. The molecule has 0 rings (SSSR count). The number of carboxylic acids is 1. The van der Waals surface area contributed by atoms with Crippen LogP contribution in [0.2, 0.25) is 0 Å². The van der Waals surface area contributed by atoms with Gasteiger partial charge < -0.3 is 15.6 Å². The Hall–Kier alpha value is -0.610. The number of ether oxygens (including phenoxy) is 1. The van der Waals surface area contributed by atoms with Gasteiger partial charge in [-0.25, -0.2) is 4.79 Å². The average Bonchev–Trinajstić information content (AvgIpc) is 1.67. The van der Waals surface area contributed by atoms with Crippen molar-refractivity contribution in [3.63, 3.8) is 0 Å². The van der Waals surface area contributed by atoms with E-state index < -0.39 is 12.1 Å². The SMILES string of the molecule is CC(OCN)C(=O)O. The number of carbonyl (C=O) groups is 1. The molecular formula is C4H9NO3. The smallest absolute Gasteiger partial charge is 0.332 e. The molecule has 0 spiro atoms. The van der Waals surface area contributed by atoms with Gasteiger partial charge in [0.05, 0.1) is 6.73 Å². The third-order valence-electron chi connectivity index (χ3n) is 0.694. The van der Waals surface area contributed by atoms with Crippen LogP contribution in [-0.2, 0) is 9.53 Å². The third-order valence-corrected chi connectivity index (χ3v) is 0.694. The number of nitrogens with two attached hydrogens (primary N) is 1. The van der Waals surface area contributed by atoms with Gasteiger partial charge in [-0.3, -0.25) is 0 Å². The molecule has 0 aromatic rings. The van der Waals surface area contributed by atoms with Crippen molar-refractivity contribution in [3.05, 3.63) is 0 Å². The van der Waals surface area contributed by atoms with E-state index in [2.05, 4.69) is 4.74 Å². The predicted octanol–water partition coefficient (Wildman–Crippen LogP) is -0.608. The summed E-state index contributed by atoms with van der Waals surface area (Å²) >= 11 is 0. The van der Waals surface area contributed by atoms with Crippen LogP contribution in [0.5, 0.6) is 0 Å². The zero-order valence-electron chi connectivity index (χ0n) is 4.63. The maximum atomic E-state index is 9.91. The van der Waals surface area contributed by atoms with Crippen LogP contribution in [0.15, 0.2) is 0 Å². The van der Waals surface area contributed by atoms with Gasteiger partial charge in [0.2, 0.25) is 0 Å². The van der Waals surface area contributed by atoms with Gasteiger partial charge in [-0.05, 0) is 6.92 Å². The lowest BCUT2D eigenvalue weighted by molar-refractivity contribution is -0.148. The van der Waals surface area contributed by atoms with Crippen molar-refractivity contribution >= 4 is 5.97 Å². The molecule has 0 saturated carbocycles. The topological polar surface area (TPSA) is 72.5 Å². The maximum absolute atomic E-state index is 9.91. The standard InChI is InChI=1S/C4H9NO3/c1-3(4(6)7)8-2-5/h3H,2,5H2,1H3,(H,6,7). The second-order valence-electron chi connectivity index (χ2n) is 1.31. The number of carboxylic acid groups (broad SMARTS) is 1. The van der Waals surface area contributed by atoms with E-state index in [1.807, 2.05) is 0 Å². The molecular weight excluding hydrogens is 110 g/mol. The molecule has 0 aromatic carbocycles. The van der Waals surface area contributed by atoms with Crippen molar-refractivity contribution in [2.75, 3.05) is 6.73 Å². The molecule has 0 saturated heterocycles. The molecule has 4 nitrogen and oxygen atoms in total. The Bertz CT molecular complexity index is 83.4. The van der Waals surface area contributed by atoms with Crippen LogP contribution >= 0.6 is 0 Å². The van der Waals surface area contributed by atoms with E-state index in [1.54, 1.807) is 0 Å². The molecule has 0 bridgehead atoms. The molecule has 0 aliphatic heterocycles. The fourth-order valence-electron chi connectivity index (χ4n) is 0.216. The van der Waals surface area contributed by atoms with Crippen molar-refractivity contribution in [1.82, 2.24) is 0 Å². The lowest BCUT2D eigenvalue weighted by Crippen LogP contribution is -2.22. The van der Waals surface area contributed by atoms with Crippen LogP contribution < -0.4 is 5.73 Å². The van der Waals surface area contributed by atoms with Gasteiger partial charge in [-0.1, -0.05) is 0 Å². The summed E-state index contributed by atoms with van der Waals surface area (Å²) in [7, 11) is 0. The molecule has 8 heavy (non-hydrogen) atoms. The largest absolute Gasteiger partial charge is 0.479 e. The summed E-state index contributed by atoms with van der Waals surface area (Å²) < 4.78 is 4.48. The van der Waals surface area contributed by atoms with Gasteiger partial charge in [0.1, 0.15) is 0 Å². The number of aliphatic carboxylic acids is 1. The molecule has 0 amide bonds. The van der Waals surface area contributed by atoms with Gasteiger partial charge >= 0.3 is 5.97 Å². The monoisotopic (exact) mass is 119 g/mol. The second kappa shape index (κ2) is 3.40. The molecule has 48 valence electrons. The summed E-state index contributed by atoms with van der Waals surface area (Å²) in [4.78, 5) is 9.91. The highest BCUT2D eigenvalue weighted by Crippen LogP contribution is 1.85. The second-order valence-corrected chi connectivity index (χ2v) is 1.31. The van der Waals surface area contributed by atoms with Crippen LogP contribution in [0.25, 0.3) is 0 Å². The highest BCUT2D eigenvalue weighted by atomic mass is 16.5. The normalized spacial score (nSPS) is 13.2. The van der Waals surface area contributed by atoms with Crippen molar-refractivity contribution in [2.45, 2.75) is 13.0 Å². The molecule has 0 aliphatic rings. The highest BCUT2D eigenvalue weighted by molar-refractivity contribution is 5.71. The fraction of sp³-hybridized carbons (Fsp3) is 0.750. The molecule has 0 heterocycles. The Morgan fingerprint density at radius 1 is 2.00 bits per heavy atom. The molecule has 1 atom stereocenters. The Morgan fingerprint density at radius 3 is 2.62 bits per heavy atom. The van der Waals surface area contributed by atoms with E-state index in [9.17, 15) is 4.79 Å². The fourth-order valence-corrected chi connectivity index (χ4v) is 0.216. The minimum Gasteiger partial charge on any atom is -0.479 e. The third kappa shape index (κ3) is 2.54. The first kappa shape index (κ1) is 7.39.